The van der Waals surface area contributed by atoms with Crippen molar-refractivity contribution in [3.8, 4) is 0 Å². The Morgan fingerprint density at radius 1 is 1.53 bits per heavy atom. The Labute approximate surface area is 111 Å². The number of aliphatic carboxylic acids is 1. The average molecular weight is 269 g/mol. The van der Waals surface area contributed by atoms with Gasteiger partial charge in [-0.1, -0.05) is 6.92 Å². The largest absolute Gasteiger partial charge is 0.480 e. The van der Waals surface area contributed by atoms with Gasteiger partial charge in [-0.3, -0.25) is 9.48 Å². The first-order valence-electron chi connectivity index (χ1n) is 6.12. The molecule has 3 N–H and O–H groups in total. The van der Waals surface area contributed by atoms with E-state index in [0.29, 0.717) is 17.8 Å². The van der Waals surface area contributed by atoms with Gasteiger partial charge in [0, 0.05) is 12.2 Å². The van der Waals surface area contributed by atoms with Crippen LogP contribution in [0.5, 0.6) is 0 Å². The van der Waals surface area contributed by atoms with Crippen LogP contribution in [0.1, 0.15) is 36.3 Å². The number of carboxylic acids is 1. The fourth-order valence-electron chi connectivity index (χ4n) is 1.71. The van der Waals surface area contributed by atoms with Gasteiger partial charge in [-0.2, -0.15) is 5.10 Å². The average Bonchev–Trinajstić information content (AvgIpc) is 2.67. The summed E-state index contributed by atoms with van der Waals surface area (Å²) < 4.78 is 1.69. The number of aryl methyl sites for hydroxylation is 1. The van der Waals surface area contributed by atoms with E-state index in [2.05, 4.69) is 10.4 Å². The van der Waals surface area contributed by atoms with Gasteiger partial charge in [0.05, 0.1) is 17.9 Å². The first kappa shape index (κ1) is 15.2. The number of nitrogens with zero attached hydrogens (tertiary/aromatic N) is 2. The summed E-state index contributed by atoms with van der Waals surface area (Å²) in [6.45, 7) is 5.74. The minimum Gasteiger partial charge on any atom is -0.480 e. The van der Waals surface area contributed by atoms with Gasteiger partial charge in [-0.05, 0) is 20.3 Å². The molecule has 0 bridgehead atoms. The molecule has 0 aromatic carbocycles. The van der Waals surface area contributed by atoms with Crippen LogP contribution in [0.4, 0.5) is 0 Å². The van der Waals surface area contributed by atoms with Gasteiger partial charge in [0.1, 0.15) is 0 Å². The summed E-state index contributed by atoms with van der Waals surface area (Å²) in [7, 11) is 0. The Balaban J connectivity index is 2.86. The molecule has 0 saturated carbocycles. The van der Waals surface area contributed by atoms with E-state index in [1.807, 2.05) is 6.92 Å². The number of rotatable bonds is 6. The quantitative estimate of drug-likeness (QED) is 0.682. The number of carboxylic acid groups (broad SMARTS) is 1. The fraction of sp³-hybridized carbons (Fsp3) is 0.583. The molecule has 1 aromatic heterocycles. The van der Waals surface area contributed by atoms with Crippen LogP contribution in [0.15, 0.2) is 6.20 Å². The molecule has 0 aliphatic carbocycles. The van der Waals surface area contributed by atoms with Crippen molar-refractivity contribution < 1.29 is 19.8 Å². The zero-order valence-electron chi connectivity index (χ0n) is 11.3. The molecule has 19 heavy (non-hydrogen) atoms. The first-order chi connectivity index (χ1) is 8.88. The van der Waals surface area contributed by atoms with Crippen molar-refractivity contribution in [3.05, 3.63) is 17.5 Å². The summed E-state index contributed by atoms with van der Waals surface area (Å²) in [5, 5.41) is 24.6. The van der Waals surface area contributed by atoms with Crippen LogP contribution in [-0.4, -0.2) is 44.0 Å². The van der Waals surface area contributed by atoms with Crippen LogP contribution in [0.3, 0.4) is 0 Å². The van der Waals surface area contributed by atoms with E-state index in [9.17, 15) is 14.7 Å². The van der Waals surface area contributed by atoms with Crippen molar-refractivity contribution in [2.24, 2.45) is 0 Å². The summed E-state index contributed by atoms with van der Waals surface area (Å²) >= 11 is 0. The molecule has 1 rings (SSSR count). The lowest BCUT2D eigenvalue weighted by molar-refractivity contribution is -0.141. The topological polar surface area (TPSA) is 104 Å². The van der Waals surface area contributed by atoms with Crippen LogP contribution in [-0.2, 0) is 11.3 Å². The molecule has 1 heterocycles. The number of hydrogen-bond donors (Lipinski definition) is 3. The van der Waals surface area contributed by atoms with Crippen molar-refractivity contribution >= 4 is 11.9 Å². The Hall–Kier alpha value is -1.89. The number of carbonyl (C=O) groups excluding carboxylic acids is 1. The van der Waals surface area contributed by atoms with Crippen molar-refractivity contribution in [2.45, 2.75) is 45.9 Å². The third-order valence-electron chi connectivity index (χ3n) is 2.82. The van der Waals surface area contributed by atoms with Crippen LogP contribution in [0.2, 0.25) is 0 Å². The maximum absolute atomic E-state index is 12.0. The lowest BCUT2D eigenvalue weighted by Crippen LogP contribution is -2.47. The van der Waals surface area contributed by atoms with Crippen molar-refractivity contribution in [2.75, 3.05) is 0 Å². The number of amides is 1. The molecule has 0 aliphatic heterocycles. The van der Waals surface area contributed by atoms with Crippen molar-refractivity contribution in [1.29, 1.82) is 0 Å². The van der Waals surface area contributed by atoms with E-state index in [1.165, 1.54) is 13.1 Å². The van der Waals surface area contributed by atoms with Gasteiger partial charge in [0.15, 0.2) is 6.04 Å². The normalized spacial score (nSPS) is 13.9. The predicted octanol–water partition coefficient (Wildman–Crippen LogP) is 0.165. The zero-order valence-corrected chi connectivity index (χ0v) is 11.3. The molecule has 0 fully saturated rings. The third kappa shape index (κ3) is 3.54. The summed E-state index contributed by atoms with van der Waals surface area (Å²) in [5.41, 5.74) is 0.995. The predicted molar refractivity (Wildman–Crippen MR) is 67.8 cm³/mol. The van der Waals surface area contributed by atoms with E-state index in [4.69, 9.17) is 5.11 Å². The molecule has 0 aliphatic rings. The number of carbonyl (C=O) groups is 2. The Kier molecular flexibility index (Phi) is 5.05. The standard InChI is InChI=1S/C12H19N3O4/c1-4-5-15-7(2)9(6-13-15)11(17)14-10(8(3)16)12(18)19/h6,8,10,16H,4-5H2,1-3H3,(H,14,17)(H,18,19)/t8-,10+/m0/s1. The second kappa shape index (κ2) is 6.33. The summed E-state index contributed by atoms with van der Waals surface area (Å²) in [6.07, 6.45) is 1.11. The van der Waals surface area contributed by atoms with Crippen molar-refractivity contribution in [1.82, 2.24) is 15.1 Å². The summed E-state index contributed by atoms with van der Waals surface area (Å²) in [6, 6.07) is -1.33. The Morgan fingerprint density at radius 3 is 2.63 bits per heavy atom. The SMILES string of the molecule is CCCn1ncc(C(=O)N[C@@H](C(=O)O)[C@H](C)O)c1C. The monoisotopic (exact) mass is 269 g/mol. The molecule has 1 amide bonds. The highest BCUT2D eigenvalue weighted by molar-refractivity contribution is 5.97. The summed E-state index contributed by atoms with van der Waals surface area (Å²) in [5.74, 6) is -1.82. The molecule has 106 valence electrons. The fourth-order valence-corrected chi connectivity index (χ4v) is 1.71. The number of aliphatic hydroxyl groups excluding tert-OH is 1. The Morgan fingerprint density at radius 2 is 2.16 bits per heavy atom. The minimum absolute atomic E-state index is 0.320. The Bertz CT molecular complexity index is 468. The molecule has 0 spiro atoms. The van der Waals surface area contributed by atoms with E-state index >= 15 is 0 Å². The molecule has 2 atom stereocenters. The van der Waals surface area contributed by atoms with Gasteiger partial charge >= 0.3 is 5.97 Å². The van der Waals surface area contributed by atoms with Gasteiger partial charge in [-0.25, -0.2) is 4.79 Å². The minimum atomic E-state index is -1.33. The highest BCUT2D eigenvalue weighted by Crippen LogP contribution is 2.08. The van der Waals surface area contributed by atoms with Crippen LogP contribution < -0.4 is 5.32 Å². The highest BCUT2D eigenvalue weighted by Gasteiger charge is 2.26. The van der Waals surface area contributed by atoms with Gasteiger partial charge < -0.3 is 15.5 Å². The lowest BCUT2D eigenvalue weighted by atomic mass is 10.1. The second-order valence-electron chi connectivity index (χ2n) is 4.40. The zero-order chi connectivity index (χ0) is 14.6. The third-order valence-corrected chi connectivity index (χ3v) is 2.82. The number of nitrogens with one attached hydrogen (secondary N) is 1. The molecule has 0 unspecified atom stereocenters. The maximum atomic E-state index is 12.0. The second-order valence-corrected chi connectivity index (χ2v) is 4.40. The molecular weight excluding hydrogens is 250 g/mol. The molecule has 7 nitrogen and oxygen atoms in total. The van der Waals surface area contributed by atoms with Crippen molar-refractivity contribution in [3.63, 3.8) is 0 Å². The molecule has 0 saturated heterocycles. The van der Waals surface area contributed by atoms with E-state index in [0.717, 1.165) is 6.42 Å². The van der Waals surface area contributed by atoms with Gasteiger partial charge in [-0.15, -0.1) is 0 Å². The number of aromatic nitrogens is 2. The molecular formula is C12H19N3O4. The molecule has 0 radical (unpaired) electrons. The smallest absolute Gasteiger partial charge is 0.328 e. The highest BCUT2D eigenvalue weighted by atomic mass is 16.4. The first-order valence-corrected chi connectivity index (χ1v) is 6.12. The van der Waals surface area contributed by atoms with Crippen LogP contribution >= 0.6 is 0 Å². The lowest BCUT2D eigenvalue weighted by Gasteiger charge is -2.16. The summed E-state index contributed by atoms with van der Waals surface area (Å²) in [4.78, 5) is 22.9. The van der Waals surface area contributed by atoms with E-state index in [-0.39, 0.29) is 0 Å². The maximum Gasteiger partial charge on any atom is 0.328 e. The van der Waals surface area contributed by atoms with E-state index in [1.54, 1.807) is 11.6 Å². The van der Waals surface area contributed by atoms with Crippen LogP contribution in [0, 0.1) is 6.92 Å². The van der Waals surface area contributed by atoms with E-state index < -0.39 is 24.0 Å². The van der Waals surface area contributed by atoms with Crippen LogP contribution in [0.25, 0.3) is 0 Å². The number of hydrogen-bond acceptors (Lipinski definition) is 4. The van der Waals surface area contributed by atoms with Gasteiger partial charge in [0.2, 0.25) is 0 Å². The number of aliphatic hydroxyl groups is 1. The molecule has 7 heteroatoms. The van der Waals surface area contributed by atoms with Gasteiger partial charge in [0.25, 0.3) is 5.91 Å². The molecule has 1 aromatic rings.